The first-order valence-electron chi connectivity index (χ1n) is 6.35. The second-order valence-corrected chi connectivity index (χ2v) is 4.91. The minimum atomic E-state index is 0. The van der Waals surface area contributed by atoms with Gasteiger partial charge in [-0.25, -0.2) is 0 Å². The summed E-state index contributed by atoms with van der Waals surface area (Å²) >= 11 is 0. The van der Waals surface area contributed by atoms with Crippen LogP contribution in [0.3, 0.4) is 0 Å². The number of halogens is 1. The van der Waals surface area contributed by atoms with Gasteiger partial charge in [0.15, 0.2) is 0 Å². The standard InChI is InChI=1S/C12H22N2O2.ClH/c1-10-8-13-5-6-14(10)12(15)4-7-16-9-11-2-3-11;/h10-11,13H,2-9H2,1H3;1H/t10-;/m0./s1. The van der Waals surface area contributed by atoms with Crippen molar-refractivity contribution in [1.29, 1.82) is 0 Å². The molecule has 0 aromatic heterocycles. The zero-order chi connectivity index (χ0) is 11.4. The molecule has 1 N–H and O–H groups in total. The molecule has 0 aromatic rings. The number of piperazine rings is 1. The van der Waals surface area contributed by atoms with Crippen LogP contribution in [0.1, 0.15) is 26.2 Å². The monoisotopic (exact) mass is 262 g/mol. The highest BCUT2D eigenvalue weighted by Crippen LogP contribution is 2.28. The van der Waals surface area contributed by atoms with E-state index >= 15 is 0 Å². The number of rotatable bonds is 5. The van der Waals surface area contributed by atoms with Crippen LogP contribution < -0.4 is 5.32 Å². The van der Waals surface area contributed by atoms with Crippen LogP contribution in [0.5, 0.6) is 0 Å². The van der Waals surface area contributed by atoms with Crippen molar-refractivity contribution in [2.45, 2.75) is 32.2 Å². The van der Waals surface area contributed by atoms with Gasteiger partial charge in [-0.3, -0.25) is 4.79 Å². The summed E-state index contributed by atoms with van der Waals surface area (Å²) in [5.74, 6) is 1.03. The van der Waals surface area contributed by atoms with Crippen LogP contribution in [-0.2, 0) is 9.53 Å². The number of nitrogens with one attached hydrogen (secondary N) is 1. The Balaban J connectivity index is 0.00000144. The van der Waals surface area contributed by atoms with Crippen LogP contribution in [0.2, 0.25) is 0 Å². The van der Waals surface area contributed by atoms with Gasteiger partial charge >= 0.3 is 0 Å². The molecule has 0 bridgehead atoms. The van der Waals surface area contributed by atoms with Gasteiger partial charge in [-0.05, 0) is 25.7 Å². The Morgan fingerprint density at radius 2 is 2.24 bits per heavy atom. The molecule has 1 saturated heterocycles. The van der Waals surface area contributed by atoms with Crippen molar-refractivity contribution in [2.24, 2.45) is 5.92 Å². The van der Waals surface area contributed by atoms with E-state index in [1.165, 1.54) is 12.8 Å². The van der Waals surface area contributed by atoms with E-state index in [1.807, 2.05) is 4.90 Å². The van der Waals surface area contributed by atoms with Gasteiger partial charge in [-0.1, -0.05) is 0 Å². The van der Waals surface area contributed by atoms with E-state index in [1.54, 1.807) is 0 Å². The van der Waals surface area contributed by atoms with Crippen molar-refractivity contribution in [3.05, 3.63) is 0 Å². The topological polar surface area (TPSA) is 41.6 Å². The lowest BCUT2D eigenvalue weighted by atomic mass is 10.2. The smallest absolute Gasteiger partial charge is 0.225 e. The molecule has 0 spiro atoms. The zero-order valence-corrected chi connectivity index (χ0v) is 11.3. The molecule has 1 aliphatic heterocycles. The molecule has 0 unspecified atom stereocenters. The Bertz CT molecular complexity index is 247. The SMILES string of the molecule is C[C@H]1CNCCN1C(=O)CCOCC1CC1.Cl. The summed E-state index contributed by atoms with van der Waals surface area (Å²) in [5, 5.41) is 3.28. The first-order valence-corrected chi connectivity index (χ1v) is 6.35. The van der Waals surface area contributed by atoms with Gasteiger partial charge in [0.1, 0.15) is 0 Å². The molecule has 100 valence electrons. The summed E-state index contributed by atoms with van der Waals surface area (Å²) in [6.07, 6.45) is 3.16. The molecule has 4 nitrogen and oxygen atoms in total. The van der Waals surface area contributed by atoms with Crippen molar-refractivity contribution in [3.8, 4) is 0 Å². The van der Waals surface area contributed by atoms with Crippen molar-refractivity contribution < 1.29 is 9.53 Å². The number of amides is 1. The lowest BCUT2D eigenvalue weighted by Crippen LogP contribution is -2.52. The molecule has 0 radical (unpaired) electrons. The molecule has 1 saturated carbocycles. The molecule has 17 heavy (non-hydrogen) atoms. The lowest BCUT2D eigenvalue weighted by Gasteiger charge is -2.34. The Kier molecular flexibility index (Phi) is 6.23. The van der Waals surface area contributed by atoms with Gasteiger partial charge in [0.25, 0.3) is 0 Å². The highest BCUT2D eigenvalue weighted by molar-refractivity contribution is 5.85. The van der Waals surface area contributed by atoms with Crippen LogP contribution in [0.25, 0.3) is 0 Å². The van der Waals surface area contributed by atoms with Crippen LogP contribution >= 0.6 is 12.4 Å². The average Bonchev–Trinajstić information content (AvgIpc) is 3.08. The Morgan fingerprint density at radius 3 is 2.88 bits per heavy atom. The number of nitrogens with zero attached hydrogens (tertiary/aromatic N) is 1. The fourth-order valence-corrected chi connectivity index (χ4v) is 2.05. The van der Waals surface area contributed by atoms with Gasteiger partial charge in [-0.15, -0.1) is 12.4 Å². The summed E-state index contributed by atoms with van der Waals surface area (Å²) in [6, 6.07) is 0.324. The lowest BCUT2D eigenvalue weighted by molar-refractivity contribution is -0.135. The number of carbonyl (C=O) groups is 1. The summed E-state index contributed by atoms with van der Waals surface area (Å²) < 4.78 is 5.49. The fourth-order valence-electron chi connectivity index (χ4n) is 2.05. The molecule has 2 fully saturated rings. The van der Waals surface area contributed by atoms with Crippen LogP contribution in [0, 0.1) is 5.92 Å². The van der Waals surface area contributed by atoms with Crippen LogP contribution in [-0.4, -0.2) is 49.7 Å². The third-order valence-electron chi connectivity index (χ3n) is 3.33. The van der Waals surface area contributed by atoms with E-state index in [4.69, 9.17) is 4.74 Å². The molecular weight excluding hydrogens is 240 g/mol. The average molecular weight is 263 g/mol. The van der Waals surface area contributed by atoms with Crippen LogP contribution in [0.15, 0.2) is 0 Å². The normalized spacial score (nSPS) is 24.3. The minimum Gasteiger partial charge on any atom is -0.381 e. The van der Waals surface area contributed by atoms with E-state index in [2.05, 4.69) is 12.2 Å². The van der Waals surface area contributed by atoms with Crippen molar-refractivity contribution >= 4 is 18.3 Å². The van der Waals surface area contributed by atoms with Gasteiger partial charge in [0.2, 0.25) is 5.91 Å². The molecule has 2 aliphatic rings. The van der Waals surface area contributed by atoms with Gasteiger partial charge < -0.3 is 15.0 Å². The van der Waals surface area contributed by atoms with Crippen molar-refractivity contribution in [2.75, 3.05) is 32.8 Å². The first-order chi connectivity index (χ1) is 7.77. The van der Waals surface area contributed by atoms with E-state index in [9.17, 15) is 4.79 Å². The molecule has 0 aromatic carbocycles. The fraction of sp³-hybridized carbons (Fsp3) is 0.917. The number of ether oxygens (including phenoxy) is 1. The maximum Gasteiger partial charge on any atom is 0.225 e. The van der Waals surface area contributed by atoms with Crippen LogP contribution in [0.4, 0.5) is 0 Å². The maximum atomic E-state index is 11.9. The highest BCUT2D eigenvalue weighted by Gasteiger charge is 2.23. The van der Waals surface area contributed by atoms with E-state index in [0.717, 1.165) is 32.2 Å². The number of hydrogen-bond donors (Lipinski definition) is 1. The van der Waals surface area contributed by atoms with E-state index in [0.29, 0.717) is 19.1 Å². The first kappa shape index (κ1) is 14.7. The third-order valence-corrected chi connectivity index (χ3v) is 3.33. The van der Waals surface area contributed by atoms with Crippen molar-refractivity contribution in [1.82, 2.24) is 10.2 Å². The molecule has 1 heterocycles. The predicted molar refractivity (Wildman–Crippen MR) is 69.5 cm³/mol. The largest absolute Gasteiger partial charge is 0.381 e. The predicted octanol–water partition coefficient (Wildman–Crippen LogP) is 1.05. The highest BCUT2D eigenvalue weighted by atomic mass is 35.5. The molecule has 5 heteroatoms. The van der Waals surface area contributed by atoms with E-state index < -0.39 is 0 Å². The second-order valence-electron chi connectivity index (χ2n) is 4.91. The second kappa shape index (κ2) is 7.19. The summed E-state index contributed by atoms with van der Waals surface area (Å²) in [4.78, 5) is 13.9. The Hall–Kier alpha value is -0.320. The van der Waals surface area contributed by atoms with Gasteiger partial charge in [0, 0.05) is 32.3 Å². The molecule has 1 aliphatic carbocycles. The number of carbonyl (C=O) groups excluding carboxylic acids is 1. The zero-order valence-electron chi connectivity index (χ0n) is 10.5. The quantitative estimate of drug-likeness (QED) is 0.753. The minimum absolute atomic E-state index is 0. The Morgan fingerprint density at radius 1 is 1.47 bits per heavy atom. The number of hydrogen-bond acceptors (Lipinski definition) is 3. The molecule has 1 atom stereocenters. The van der Waals surface area contributed by atoms with Gasteiger partial charge in [0.05, 0.1) is 13.0 Å². The van der Waals surface area contributed by atoms with Gasteiger partial charge in [-0.2, -0.15) is 0 Å². The van der Waals surface area contributed by atoms with Crippen molar-refractivity contribution in [3.63, 3.8) is 0 Å². The summed E-state index contributed by atoms with van der Waals surface area (Å²) in [5.41, 5.74) is 0. The molecule has 1 amide bonds. The summed E-state index contributed by atoms with van der Waals surface area (Å²) in [7, 11) is 0. The maximum absolute atomic E-state index is 11.9. The molecular formula is C12H23ClN2O2. The molecule has 2 rings (SSSR count). The Labute approximate surface area is 109 Å². The third kappa shape index (κ3) is 4.82. The summed E-state index contributed by atoms with van der Waals surface area (Å²) in [6.45, 7) is 6.20. The van der Waals surface area contributed by atoms with E-state index in [-0.39, 0.29) is 18.3 Å².